The van der Waals surface area contributed by atoms with Gasteiger partial charge in [-0.1, -0.05) is 0 Å². The molecule has 2 unspecified atom stereocenters. The van der Waals surface area contributed by atoms with Gasteiger partial charge in [-0.05, 0) is 25.1 Å². The molecular weight excluding hydrogens is 234 g/mol. The number of hydrogen-bond donors (Lipinski definition) is 1. The highest BCUT2D eigenvalue weighted by atomic mass is 16.5. The van der Waals surface area contributed by atoms with Crippen molar-refractivity contribution in [3.8, 4) is 0 Å². The van der Waals surface area contributed by atoms with Crippen molar-refractivity contribution in [2.75, 3.05) is 19.7 Å². The van der Waals surface area contributed by atoms with Gasteiger partial charge in [-0.15, -0.1) is 0 Å². The summed E-state index contributed by atoms with van der Waals surface area (Å²) in [7, 11) is 0. The number of morpholine rings is 1. The molecule has 1 N–H and O–H groups in total. The van der Waals surface area contributed by atoms with Gasteiger partial charge in [0.05, 0.1) is 25.1 Å². The maximum Gasteiger partial charge on any atom is 0.246 e. The zero-order chi connectivity index (χ0) is 13.0. The third-order valence-corrected chi connectivity index (χ3v) is 2.77. The maximum atomic E-state index is 12.0. The fraction of sp³-hybridized carbons (Fsp3) is 0.462. The van der Waals surface area contributed by atoms with Crippen molar-refractivity contribution in [2.24, 2.45) is 0 Å². The van der Waals surface area contributed by atoms with Crippen LogP contribution in [-0.4, -0.2) is 47.8 Å². The van der Waals surface area contributed by atoms with Crippen LogP contribution in [0.25, 0.3) is 6.08 Å². The molecule has 98 valence electrons. The molecule has 0 bridgehead atoms. The number of nitrogens with zero attached hydrogens (tertiary/aromatic N) is 1. The van der Waals surface area contributed by atoms with Gasteiger partial charge < -0.3 is 19.2 Å². The van der Waals surface area contributed by atoms with Crippen molar-refractivity contribution >= 4 is 12.0 Å². The van der Waals surface area contributed by atoms with Crippen LogP contribution in [0, 0.1) is 0 Å². The summed E-state index contributed by atoms with van der Waals surface area (Å²) in [6.07, 6.45) is 4.32. The molecule has 0 radical (unpaired) electrons. The smallest absolute Gasteiger partial charge is 0.246 e. The van der Waals surface area contributed by atoms with Crippen LogP contribution in [0.4, 0.5) is 0 Å². The lowest BCUT2D eigenvalue weighted by Crippen LogP contribution is -2.49. The number of ether oxygens (including phenoxy) is 1. The van der Waals surface area contributed by atoms with Crippen LogP contribution in [0.2, 0.25) is 0 Å². The highest BCUT2D eigenvalue weighted by Gasteiger charge is 2.26. The van der Waals surface area contributed by atoms with Crippen molar-refractivity contribution in [1.82, 2.24) is 4.90 Å². The topological polar surface area (TPSA) is 62.9 Å². The summed E-state index contributed by atoms with van der Waals surface area (Å²) in [4.78, 5) is 13.6. The van der Waals surface area contributed by atoms with Gasteiger partial charge in [0, 0.05) is 19.2 Å². The number of carbonyl (C=O) groups excluding carboxylic acids is 1. The number of hydrogen-bond acceptors (Lipinski definition) is 4. The molecule has 0 saturated carbocycles. The standard InChI is InChI=1S/C13H17NO4/c1-10-7-14(8-12(9-15)18-10)13(16)5-4-11-3-2-6-17-11/h2-6,10,12,15H,7-9H2,1H3/b5-4+. The van der Waals surface area contributed by atoms with Crippen LogP contribution >= 0.6 is 0 Å². The van der Waals surface area contributed by atoms with Gasteiger partial charge in [0.25, 0.3) is 0 Å². The lowest BCUT2D eigenvalue weighted by molar-refractivity contribution is -0.142. The molecule has 2 rings (SSSR count). The van der Waals surface area contributed by atoms with E-state index in [9.17, 15) is 4.79 Å². The molecule has 0 aliphatic carbocycles. The molecule has 0 aromatic carbocycles. The van der Waals surface area contributed by atoms with Gasteiger partial charge in [-0.2, -0.15) is 0 Å². The summed E-state index contributed by atoms with van der Waals surface area (Å²) in [5.41, 5.74) is 0. The number of furan rings is 1. The molecule has 2 atom stereocenters. The Hall–Kier alpha value is -1.59. The molecule has 0 spiro atoms. The van der Waals surface area contributed by atoms with Gasteiger partial charge in [0.1, 0.15) is 5.76 Å². The van der Waals surface area contributed by atoms with Gasteiger partial charge in [-0.25, -0.2) is 0 Å². The third-order valence-electron chi connectivity index (χ3n) is 2.77. The lowest BCUT2D eigenvalue weighted by atomic mass is 10.2. The second kappa shape index (κ2) is 5.84. The average molecular weight is 251 g/mol. The van der Waals surface area contributed by atoms with Crippen LogP contribution in [0.15, 0.2) is 28.9 Å². The largest absolute Gasteiger partial charge is 0.465 e. The number of carbonyl (C=O) groups is 1. The minimum absolute atomic E-state index is 0.0585. The van der Waals surface area contributed by atoms with E-state index in [1.165, 1.54) is 6.08 Å². The SMILES string of the molecule is CC1CN(C(=O)/C=C/c2ccco2)CC(CO)O1. The van der Waals surface area contributed by atoms with Crippen LogP contribution in [-0.2, 0) is 9.53 Å². The first-order valence-corrected chi connectivity index (χ1v) is 5.96. The van der Waals surface area contributed by atoms with Crippen LogP contribution in [0.5, 0.6) is 0 Å². The predicted octanol–water partition coefficient (Wildman–Crippen LogP) is 0.901. The van der Waals surface area contributed by atoms with Crippen molar-refractivity contribution in [3.05, 3.63) is 30.2 Å². The summed E-state index contributed by atoms with van der Waals surface area (Å²) in [6.45, 7) is 2.77. The number of rotatable bonds is 3. The van der Waals surface area contributed by atoms with E-state index in [-0.39, 0.29) is 24.7 Å². The fourth-order valence-corrected chi connectivity index (χ4v) is 1.97. The van der Waals surface area contributed by atoms with E-state index in [1.54, 1.807) is 29.4 Å². The Labute approximate surface area is 106 Å². The Balaban J connectivity index is 1.96. The molecule has 18 heavy (non-hydrogen) atoms. The molecule has 5 nitrogen and oxygen atoms in total. The molecule has 1 amide bonds. The Morgan fingerprint density at radius 2 is 2.44 bits per heavy atom. The van der Waals surface area contributed by atoms with Crippen LogP contribution in [0.1, 0.15) is 12.7 Å². The van der Waals surface area contributed by atoms with E-state index in [0.717, 1.165) is 0 Å². The number of amides is 1. The molecule has 1 fully saturated rings. The summed E-state index contributed by atoms with van der Waals surface area (Å²) in [6, 6.07) is 3.55. The average Bonchev–Trinajstić information content (AvgIpc) is 2.88. The monoisotopic (exact) mass is 251 g/mol. The first-order chi connectivity index (χ1) is 8.69. The lowest BCUT2D eigenvalue weighted by Gasteiger charge is -2.35. The summed E-state index contributed by atoms with van der Waals surface area (Å²) >= 11 is 0. The molecular formula is C13H17NO4. The van der Waals surface area contributed by atoms with Crippen LogP contribution in [0.3, 0.4) is 0 Å². The van der Waals surface area contributed by atoms with Crippen molar-refractivity contribution in [2.45, 2.75) is 19.1 Å². The van der Waals surface area contributed by atoms with Gasteiger partial charge in [-0.3, -0.25) is 4.79 Å². The molecule has 1 aromatic rings. The highest BCUT2D eigenvalue weighted by Crippen LogP contribution is 2.12. The zero-order valence-electron chi connectivity index (χ0n) is 10.3. The quantitative estimate of drug-likeness (QED) is 0.811. The second-order valence-corrected chi connectivity index (χ2v) is 4.34. The van der Waals surface area contributed by atoms with Crippen LogP contribution < -0.4 is 0 Å². The molecule has 5 heteroatoms. The van der Waals surface area contributed by atoms with Gasteiger partial charge in [0.15, 0.2) is 0 Å². The van der Waals surface area contributed by atoms with Crippen molar-refractivity contribution in [1.29, 1.82) is 0 Å². The molecule has 1 saturated heterocycles. The Morgan fingerprint density at radius 1 is 1.61 bits per heavy atom. The first kappa shape index (κ1) is 12.9. The predicted molar refractivity (Wildman–Crippen MR) is 65.7 cm³/mol. The van der Waals surface area contributed by atoms with E-state index in [2.05, 4.69) is 0 Å². The molecule has 1 aromatic heterocycles. The molecule has 1 aliphatic heterocycles. The summed E-state index contributed by atoms with van der Waals surface area (Å²) in [5, 5.41) is 9.09. The number of aliphatic hydroxyl groups excluding tert-OH is 1. The van der Waals surface area contributed by atoms with E-state index in [1.807, 2.05) is 6.92 Å². The summed E-state index contributed by atoms with van der Waals surface area (Å²) in [5.74, 6) is 0.545. The van der Waals surface area contributed by atoms with E-state index in [4.69, 9.17) is 14.3 Å². The van der Waals surface area contributed by atoms with E-state index < -0.39 is 0 Å². The summed E-state index contributed by atoms with van der Waals surface area (Å²) < 4.78 is 10.6. The Morgan fingerprint density at radius 3 is 3.11 bits per heavy atom. The Bertz CT molecular complexity index is 413. The first-order valence-electron chi connectivity index (χ1n) is 5.96. The van der Waals surface area contributed by atoms with E-state index in [0.29, 0.717) is 18.8 Å². The molecule has 2 heterocycles. The Kier molecular flexibility index (Phi) is 4.17. The molecule has 1 aliphatic rings. The zero-order valence-corrected chi connectivity index (χ0v) is 10.3. The maximum absolute atomic E-state index is 12.0. The van der Waals surface area contributed by atoms with Gasteiger partial charge >= 0.3 is 0 Å². The second-order valence-electron chi connectivity index (χ2n) is 4.34. The van der Waals surface area contributed by atoms with Crippen molar-refractivity contribution in [3.63, 3.8) is 0 Å². The normalized spacial score (nSPS) is 24.7. The minimum Gasteiger partial charge on any atom is -0.465 e. The minimum atomic E-state index is -0.297. The highest BCUT2D eigenvalue weighted by molar-refractivity contribution is 5.91. The fourth-order valence-electron chi connectivity index (χ4n) is 1.97. The third kappa shape index (κ3) is 3.21. The van der Waals surface area contributed by atoms with Crippen molar-refractivity contribution < 1.29 is 19.1 Å². The number of aliphatic hydroxyl groups is 1. The van der Waals surface area contributed by atoms with E-state index >= 15 is 0 Å². The van der Waals surface area contributed by atoms with Gasteiger partial charge in [0.2, 0.25) is 5.91 Å².